The van der Waals surface area contributed by atoms with Gasteiger partial charge in [0, 0.05) is 18.7 Å². The Bertz CT molecular complexity index is 551. The molecule has 0 heterocycles. The van der Waals surface area contributed by atoms with E-state index in [1.54, 1.807) is 0 Å². The molecule has 0 aliphatic heterocycles. The zero-order valence-electron chi connectivity index (χ0n) is 12.3. The van der Waals surface area contributed by atoms with Crippen LogP contribution in [-0.4, -0.2) is 29.8 Å². The maximum atomic E-state index is 13.8. The Morgan fingerprint density at radius 2 is 1.78 bits per heavy atom. The molecule has 2 rings (SSSR count). The van der Waals surface area contributed by atoms with E-state index < -0.39 is 41.1 Å². The van der Waals surface area contributed by atoms with Crippen molar-refractivity contribution >= 4 is 5.91 Å². The molecule has 0 saturated heterocycles. The van der Waals surface area contributed by atoms with Gasteiger partial charge in [0.15, 0.2) is 0 Å². The van der Waals surface area contributed by atoms with E-state index in [9.17, 15) is 27.5 Å². The molecule has 0 unspecified atom stereocenters. The van der Waals surface area contributed by atoms with Crippen molar-refractivity contribution < 1.29 is 32.2 Å². The summed E-state index contributed by atoms with van der Waals surface area (Å²) in [4.78, 5) is 11.9. The van der Waals surface area contributed by atoms with Gasteiger partial charge >= 0.3 is 6.61 Å². The average Bonchev–Trinajstić information content (AvgIpc) is 2.44. The highest BCUT2D eigenvalue weighted by Crippen LogP contribution is 2.28. The van der Waals surface area contributed by atoms with Crippen LogP contribution in [-0.2, 0) is 0 Å². The predicted molar refractivity (Wildman–Crippen MR) is 73.4 cm³/mol. The average molecular weight is 335 g/mol. The number of carbonyl (C=O) groups excluding carboxylic acids is 1. The number of alkyl halides is 2. The number of aliphatic hydroxyl groups is 1. The zero-order chi connectivity index (χ0) is 17.0. The molecule has 0 spiro atoms. The van der Waals surface area contributed by atoms with Gasteiger partial charge in [0.2, 0.25) is 0 Å². The maximum Gasteiger partial charge on any atom is 0.387 e. The van der Waals surface area contributed by atoms with Crippen molar-refractivity contribution in [1.82, 2.24) is 5.32 Å². The van der Waals surface area contributed by atoms with E-state index >= 15 is 0 Å². The van der Waals surface area contributed by atoms with Crippen LogP contribution in [0.3, 0.4) is 0 Å². The van der Waals surface area contributed by atoms with Gasteiger partial charge in [-0.3, -0.25) is 4.79 Å². The molecule has 23 heavy (non-hydrogen) atoms. The van der Waals surface area contributed by atoms with E-state index in [-0.39, 0.29) is 6.54 Å². The quantitative estimate of drug-likeness (QED) is 0.814. The van der Waals surface area contributed by atoms with Crippen molar-refractivity contribution in [1.29, 1.82) is 0 Å². The summed E-state index contributed by atoms with van der Waals surface area (Å²) in [5, 5.41) is 12.5. The number of halogens is 4. The number of hydrogen-bond donors (Lipinski definition) is 2. The van der Waals surface area contributed by atoms with Crippen molar-refractivity contribution in [2.24, 2.45) is 0 Å². The second-order valence-electron chi connectivity index (χ2n) is 5.61. The molecule has 128 valence electrons. The molecule has 1 aliphatic rings. The lowest BCUT2D eigenvalue weighted by Crippen LogP contribution is -2.44. The molecule has 2 N–H and O–H groups in total. The monoisotopic (exact) mass is 335 g/mol. The van der Waals surface area contributed by atoms with Crippen LogP contribution < -0.4 is 10.1 Å². The first-order valence-electron chi connectivity index (χ1n) is 7.25. The van der Waals surface area contributed by atoms with Crippen molar-refractivity contribution in [2.45, 2.75) is 44.3 Å². The summed E-state index contributed by atoms with van der Waals surface area (Å²) in [6, 6.07) is 1.03. The number of benzene rings is 1. The van der Waals surface area contributed by atoms with Gasteiger partial charge in [0.05, 0.1) is 5.60 Å². The highest BCUT2D eigenvalue weighted by Gasteiger charge is 2.30. The Balaban J connectivity index is 2.07. The lowest BCUT2D eigenvalue weighted by molar-refractivity contribution is -0.0501. The summed E-state index contributed by atoms with van der Waals surface area (Å²) in [6.07, 6.45) is 3.62. The normalized spacial score (nSPS) is 17.1. The molecule has 1 aromatic carbocycles. The summed E-state index contributed by atoms with van der Waals surface area (Å²) in [7, 11) is 0. The Labute approximate surface area is 130 Å². The smallest absolute Gasteiger partial charge is 0.387 e. The number of nitrogens with one attached hydrogen (secondary N) is 1. The van der Waals surface area contributed by atoms with E-state index in [2.05, 4.69) is 10.1 Å². The minimum atomic E-state index is -3.23. The summed E-state index contributed by atoms with van der Waals surface area (Å²) < 4.78 is 55.5. The molecule has 0 radical (unpaired) electrons. The standard InChI is InChI=1S/C15H17F4NO3/c16-10-6-9(23-14(18)19)7-11(17)12(10)13(21)20-8-15(22)4-2-1-3-5-15/h6-7,14,22H,1-5,8H2,(H,20,21). The second kappa shape index (κ2) is 7.16. The lowest BCUT2D eigenvalue weighted by atomic mass is 9.85. The number of rotatable bonds is 5. The zero-order valence-corrected chi connectivity index (χ0v) is 12.3. The van der Waals surface area contributed by atoms with Crippen molar-refractivity contribution in [2.75, 3.05) is 6.54 Å². The third-order valence-electron chi connectivity index (χ3n) is 3.83. The van der Waals surface area contributed by atoms with Gasteiger partial charge in [0.25, 0.3) is 5.91 Å². The van der Waals surface area contributed by atoms with Gasteiger partial charge in [-0.1, -0.05) is 19.3 Å². The summed E-state index contributed by atoms with van der Waals surface area (Å²) >= 11 is 0. The van der Waals surface area contributed by atoms with E-state index in [1.807, 2.05) is 0 Å². The van der Waals surface area contributed by atoms with E-state index in [4.69, 9.17) is 0 Å². The van der Waals surface area contributed by atoms with Crippen LogP contribution >= 0.6 is 0 Å². The Morgan fingerprint density at radius 1 is 1.22 bits per heavy atom. The van der Waals surface area contributed by atoms with Crippen molar-refractivity contribution in [3.8, 4) is 5.75 Å². The van der Waals surface area contributed by atoms with Crippen LogP contribution in [0, 0.1) is 11.6 Å². The van der Waals surface area contributed by atoms with Crippen LogP contribution in [0.2, 0.25) is 0 Å². The second-order valence-corrected chi connectivity index (χ2v) is 5.61. The minimum absolute atomic E-state index is 0.125. The number of amides is 1. The number of hydrogen-bond acceptors (Lipinski definition) is 3. The molecule has 0 aromatic heterocycles. The lowest BCUT2D eigenvalue weighted by Gasteiger charge is -2.32. The minimum Gasteiger partial charge on any atom is -0.435 e. The van der Waals surface area contributed by atoms with E-state index in [1.165, 1.54) is 0 Å². The van der Waals surface area contributed by atoms with Crippen LogP contribution in [0.25, 0.3) is 0 Å². The van der Waals surface area contributed by atoms with Crippen LogP contribution in [0.4, 0.5) is 17.6 Å². The summed E-state index contributed by atoms with van der Waals surface area (Å²) in [6.45, 7) is -3.35. The fourth-order valence-electron chi connectivity index (χ4n) is 2.66. The van der Waals surface area contributed by atoms with Gasteiger partial charge < -0.3 is 15.2 Å². The molecule has 1 aromatic rings. The van der Waals surface area contributed by atoms with Crippen molar-refractivity contribution in [3.63, 3.8) is 0 Å². The van der Waals surface area contributed by atoms with Gasteiger partial charge in [-0.15, -0.1) is 0 Å². The molecule has 1 aliphatic carbocycles. The van der Waals surface area contributed by atoms with Gasteiger partial charge in [-0.25, -0.2) is 8.78 Å². The third-order valence-corrected chi connectivity index (χ3v) is 3.83. The molecule has 1 fully saturated rings. The molecule has 1 amide bonds. The van der Waals surface area contributed by atoms with Gasteiger partial charge in [0.1, 0.15) is 22.9 Å². The first kappa shape index (κ1) is 17.5. The predicted octanol–water partition coefficient (Wildman–Crippen LogP) is 2.99. The van der Waals surface area contributed by atoms with E-state index in [0.717, 1.165) is 19.3 Å². The van der Waals surface area contributed by atoms with Crippen LogP contribution in [0.1, 0.15) is 42.5 Å². The summed E-state index contributed by atoms with van der Waals surface area (Å²) in [5.74, 6) is -4.39. The fourth-order valence-corrected chi connectivity index (χ4v) is 2.66. The highest BCUT2D eigenvalue weighted by atomic mass is 19.3. The third kappa shape index (κ3) is 4.57. The Morgan fingerprint density at radius 3 is 2.30 bits per heavy atom. The molecule has 4 nitrogen and oxygen atoms in total. The molecule has 1 saturated carbocycles. The van der Waals surface area contributed by atoms with Crippen molar-refractivity contribution in [3.05, 3.63) is 29.3 Å². The van der Waals surface area contributed by atoms with E-state index in [0.29, 0.717) is 25.0 Å². The first-order chi connectivity index (χ1) is 10.8. The number of carbonyl (C=O) groups is 1. The Kier molecular flexibility index (Phi) is 5.46. The first-order valence-corrected chi connectivity index (χ1v) is 7.25. The molecule has 0 atom stereocenters. The fraction of sp³-hybridized carbons (Fsp3) is 0.533. The number of ether oxygens (including phenoxy) is 1. The molecular formula is C15H17F4NO3. The molecular weight excluding hydrogens is 318 g/mol. The topological polar surface area (TPSA) is 58.6 Å². The SMILES string of the molecule is O=C(NCC1(O)CCCCC1)c1c(F)cc(OC(F)F)cc1F. The Hall–Kier alpha value is -1.83. The largest absolute Gasteiger partial charge is 0.435 e. The molecule has 8 heteroatoms. The molecule has 0 bridgehead atoms. The van der Waals surface area contributed by atoms with Gasteiger partial charge in [-0.2, -0.15) is 8.78 Å². The highest BCUT2D eigenvalue weighted by molar-refractivity contribution is 5.95. The van der Waals surface area contributed by atoms with Gasteiger partial charge in [-0.05, 0) is 12.8 Å². The van der Waals surface area contributed by atoms with Crippen LogP contribution in [0.5, 0.6) is 5.75 Å². The summed E-state index contributed by atoms with van der Waals surface area (Å²) in [5.41, 5.74) is -1.98. The maximum absolute atomic E-state index is 13.8. The van der Waals surface area contributed by atoms with Crippen LogP contribution in [0.15, 0.2) is 12.1 Å².